The molecular weight excluding hydrogens is 436 g/mol. The van der Waals surface area contributed by atoms with Crippen LogP contribution in [0, 0.1) is 16.7 Å². The number of hydrogen-bond donors (Lipinski definition) is 1. The molecule has 1 amide bonds. The molecule has 1 saturated heterocycles. The minimum atomic E-state index is -0.455. The van der Waals surface area contributed by atoms with Crippen molar-refractivity contribution in [1.82, 2.24) is 19.5 Å². The van der Waals surface area contributed by atoms with Crippen molar-refractivity contribution in [2.45, 2.75) is 58.1 Å². The molecule has 2 aromatic heterocycles. The van der Waals surface area contributed by atoms with E-state index in [1.165, 1.54) is 0 Å². The van der Waals surface area contributed by atoms with Crippen LogP contribution < -0.4 is 5.32 Å². The summed E-state index contributed by atoms with van der Waals surface area (Å²) in [6.07, 6.45) is 5.82. The van der Waals surface area contributed by atoms with Gasteiger partial charge in [0.1, 0.15) is 5.60 Å². The maximum atomic E-state index is 12.3. The van der Waals surface area contributed by atoms with Crippen molar-refractivity contribution in [1.29, 1.82) is 5.26 Å². The molecule has 1 N–H and O–H groups in total. The second kappa shape index (κ2) is 8.03. The van der Waals surface area contributed by atoms with E-state index in [2.05, 4.69) is 16.4 Å². The highest BCUT2D eigenvalue weighted by atomic mass is 32.1. The lowest BCUT2D eigenvalue weighted by molar-refractivity contribution is -0.00860. The van der Waals surface area contributed by atoms with Gasteiger partial charge in [-0.15, -0.1) is 5.10 Å². The van der Waals surface area contributed by atoms with Crippen molar-refractivity contribution in [2.24, 2.45) is 5.41 Å². The van der Waals surface area contributed by atoms with Gasteiger partial charge in [0.05, 0.1) is 23.5 Å². The van der Waals surface area contributed by atoms with Gasteiger partial charge in [0.25, 0.3) is 0 Å². The molecule has 1 spiro atoms. The van der Waals surface area contributed by atoms with E-state index in [4.69, 9.17) is 9.84 Å². The number of benzene rings is 1. The Labute approximate surface area is 197 Å². The van der Waals surface area contributed by atoms with Crippen LogP contribution in [0.2, 0.25) is 0 Å². The summed E-state index contributed by atoms with van der Waals surface area (Å²) in [6, 6.07) is 10.1. The number of carbonyl (C=O) groups is 1. The molecule has 5 rings (SSSR count). The van der Waals surface area contributed by atoms with Crippen molar-refractivity contribution in [3.05, 3.63) is 36.0 Å². The Balaban J connectivity index is 1.19. The molecule has 1 aliphatic carbocycles. The molecule has 2 aliphatic rings. The van der Waals surface area contributed by atoms with Crippen molar-refractivity contribution in [3.8, 4) is 17.3 Å². The lowest BCUT2D eigenvalue weighted by atomic mass is 9.60. The minimum absolute atomic E-state index is 0.200. The fourth-order valence-electron chi connectivity index (χ4n) is 4.86. The molecule has 0 atom stereocenters. The van der Waals surface area contributed by atoms with Crippen LogP contribution in [0.1, 0.15) is 52.0 Å². The predicted octanol–water partition coefficient (Wildman–Crippen LogP) is 4.92. The molecule has 1 saturated carbocycles. The number of ether oxygens (including phenoxy) is 1. The fourth-order valence-corrected chi connectivity index (χ4v) is 5.71. The second-order valence-corrected chi connectivity index (χ2v) is 11.1. The first-order valence-corrected chi connectivity index (χ1v) is 12.1. The summed E-state index contributed by atoms with van der Waals surface area (Å²) < 4.78 is 7.36. The van der Waals surface area contributed by atoms with E-state index in [1.54, 1.807) is 23.6 Å². The van der Waals surface area contributed by atoms with Crippen LogP contribution in [0.5, 0.6) is 0 Å². The fraction of sp³-hybridized carbons (Fsp3) is 0.500. The number of fused-ring (bicyclic) bond motifs is 1. The number of anilines is 1. The summed E-state index contributed by atoms with van der Waals surface area (Å²) in [5, 5.41) is 18.4. The molecular formula is C24H28N6O2S. The van der Waals surface area contributed by atoms with E-state index in [0.29, 0.717) is 17.0 Å². The molecule has 2 fully saturated rings. The average Bonchev–Trinajstić information content (AvgIpc) is 3.32. The standard InChI is InChI=1S/C24H28N6O2S/c1-23(2,3)32-22(31)29-9-7-24(8-10-29)12-18(13-24)27-20-28-30-19(15-26-21(30)33-20)17-6-4-5-16(11-17)14-25/h4-6,11,15,18H,7-10,12-13H2,1-3H3,(H,27,28). The maximum Gasteiger partial charge on any atom is 0.410 e. The topological polar surface area (TPSA) is 95.5 Å². The molecule has 0 unspecified atom stereocenters. The molecule has 1 aliphatic heterocycles. The van der Waals surface area contributed by atoms with Gasteiger partial charge in [0.15, 0.2) is 0 Å². The number of nitrogens with one attached hydrogen (secondary N) is 1. The average molecular weight is 465 g/mol. The highest BCUT2D eigenvalue weighted by Crippen LogP contribution is 2.50. The first kappa shape index (κ1) is 21.7. The Bertz CT molecular complexity index is 1220. The molecule has 9 heteroatoms. The van der Waals surface area contributed by atoms with Gasteiger partial charge in [-0.05, 0) is 64.0 Å². The molecule has 33 heavy (non-hydrogen) atoms. The van der Waals surface area contributed by atoms with Gasteiger partial charge < -0.3 is 15.0 Å². The quantitative estimate of drug-likeness (QED) is 0.591. The summed E-state index contributed by atoms with van der Waals surface area (Å²) in [6.45, 7) is 7.23. The third-order valence-corrected chi connectivity index (χ3v) is 7.39. The highest BCUT2D eigenvalue weighted by Gasteiger charge is 2.47. The van der Waals surface area contributed by atoms with Crippen LogP contribution >= 0.6 is 11.3 Å². The number of amides is 1. The summed E-state index contributed by atoms with van der Waals surface area (Å²) in [4.78, 5) is 19.5. The molecule has 3 aromatic rings. The molecule has 172 valence electrons. The van der Waals surface area contributed by atoms with E-state index >= 15 is 0 Å². The number of nitriles is 1. The summed E-state index contributed by atoms with van der Waals surface area (Å²) in [5.41, 5.74) is 2.29. The Hall–Kier alpha value is -3.12. The number of hydrogen-bond acceptors (Lipinski definition) is 7. The van der Waals surface area contributed by atoms with Crippen LogP contribution in [0.4, 0.5) is 9.93 Å². The monoisotopic (exact) mass is 464 g/mol. The maximum absolute atomic E-state index is 12.3. The summed E-state index contributed by atoms with van der Waals surface area (Å²) in [7, 11) is 0. The number of rotatable bonds is 3. The van der Waals surface area contributed by atoms with E-state index in [0.717, 1.165) is 60.1 Å². The van der Waals surface area contributed by atoms with E-state index in [1.807, 2.05) is 48.4 Å². The highest BCUT2D eigenvalue weighted by molar-refractivity contribution is 7.20. The predicted molar refractivity (Wildman–Crippen MR) is 127 cm³/mol. The Kier molecular flexibility index (Phi) is 5.28. The van der Waals surface area contributed by atoms with Crippen LogP contribution in [0.25, 0.3) is 16.2 Å². The van der Waals surface area contributed by atoms with Gasteiger partial charge in [-0.25, -0.2) is 14.3 Å². The first-order valence-electron chi connectivity index (χ1n) is 11.3. The van der Waals surface area contributed by atoms with Crippen LogP contribution in [0.15, 0.2) is 30.5 Å². The third kappa shape index (κ3) is 4.40. The van der Waals surface area contributed by atoms with Gasteiger partial charge >= 0.3 is 6.09 Å². The Morgan fingerprint density at radius 2 is 2.06 bits per heavy atom. The molecule has 3 heterocycles. The van der Waals surface area contributed by atoms with Crippen molar-refractivity contribution in [3.63, 3.8) is 0 Å². The molecule has 1 aromatic carbocycles. The van der Waals surface area contributed by atoms with Gasteiger partial charge in [-0.3, -0.25) is 0 Å². The lowest BCUT2D eigenvalue weighted by Gasteiger charge is -2.52. The van der Waals surface area contributed by atoms with Crippen molar-refractivity contribution >= 4 is 27.5 Å². The molecule has 8 nitrogen and oxygen atoms in total. The SMILES string of the molecule is CC(C)(C)OC(=O)N1CCC2(CC1)CC(Nc1nn3c(-c4cccc(C#N)c4)cnc3s1)C2. The minimum Gasteiger partial charge on any atom is -0.444 e. The Morgan fingerprint density at radius 1 is 1.30 bits per heavy atom. The lowest BCUT2D eigenvalue weighted by Crippen LogP contribution is -2.53. The van der Waals surface area contributed by atoms with E-state index < -0.39 is 5.60 Å². The van der Waals surface area contributed by atoms with Crippen LogP contribution in [-0.4, -0.2) is 50.3 Å². The molecule has 0 bridgehead atoms. The Morgan fingerprint density at radius 3 is 2.76 bits per heavy atom. The number of imidazole rings is 1. The van der Waals surface area contributed by atoms with Crippen LogP contribution in [0.3, 0.4) is 0 Å². The second-order valence-electron chi connectivity index (χ2n) is 10.2. The van der Waals surface area contributed by atoms with Crippen molar-refractivity contribution < 1.29 is 9.53 Å². The number of aromatic nitrogens is 3. The first-order chi connectivity index (χ1) is 15.7. The zero-order valence-corrected chi connectivity index (χ0v) is 20.0. The zero-order valence-electron chi connectivity index (χ0n) is 19.2. The molecule has 0 radical (unpaired) electrons. The van der Waals surface area contributed by atoms with Gasteiger partial charge in [-0.1, -0.05) is 23.5 Å². The number of piperidine rings is 1. The van der Waals surface area contributed by atoms with E-state index in [9.17, 15) is 10.1 Å². The number of likely N-dealkylation sites (tertiary alicyclic amines) is 1. The van der Waals surface area contributed by atoms with E-state index in [-0.39, 0.29) is 6.09 Å². The third-order valence-electron chi connectivity index (χ3n) is 6.54. The largest absolute Gasteiger partial charge is 0.444 e. The number of carbonyl (C=O) groups excluding carboxylic acids is 1. The smallest absolute Gasteiger partial charge is 0.410 e. The van der Waals surface area contributed by atoms with Gasteiger partial charge in [0, 0.05) is 24.7 Å². The van der Waals surface area contributed by atoms with Crippen LogP contribution in [-0.2, 0) is 4.74 Å². The summed E-state index contributed by atoms with van der Waals surface area (Å²) >= 11 is 1.54. The number of nitrogens with zero attached hydrogens (tertiary/aromatic N) is 5. The van der Waals surface area contributed by atoms with Gasteiger partial charge in [0.2, 0.25) is 10.1 Å². The zero-order chi connectivity index (χ0) is 23.2. The van der Waals surface area contributed by atoms with Gasteiger partial charge in [-0.2, -0.15) is 5.26 Å². The van der Waals surface area contributed by atoms with Crippen molar-refractivity contribution in [2.75, 3.05) is 18.4 Å². The summed E-state index contributed by atoms with van der Waals surface area (Å²) in [5.74, 6) is 0. The normalized spacial score (nSPS) is 18.2.